The SMILES string of the molecule is C=CC1CC1C(=O)OC1CCCCC1. The predicted molar refractivity (Wildman–Crippen MR) is 54.8 cm³/mol. The molecule has 2 aliphatic carbocycles. The fourth-order valence-electron chi connectivity index (χ4n) is 2.18. The third-order valence-corrected chi connectivity index (χ3v) is 3.28. The number of ether oxygens (including phenoxy) is 1. The van der Waals surface area contributed by atoms with E-state index in [9.17, 15) is 4.79 Å². The monoisotopic (exact) mass is 194 g/mol. The first-order valence-electron chi connectivity index (χ1n) is 5.64. The topological polar surface area (TPSA) is 26.3 Å². The van der Waals surface area contributed by atoms with Crippen LogP contribution < -0.4 is 0 Å². The summed E-state index contributed by atoms with van der Waals surface area (Å²) in [4.78, 5) is 11.6. The lowest BCUT2D eigenvalue weighted by molar-refractivity contribution is -0.152. The summed E-state index contributed by atoms with van der Waals surface area (Å²) in [7, 11) is 0. The summed E-state index contributed by atoms with van der Waals surface area (Å²) in [5.74, 6) is 0.544. The molecule has 0 radical (unpaired) electrons. The minimum atomic E-state index is 0.0156. The number of hydrogen-bond donors (Lipinski definition) is 0. The summed E-state index contributed by atoms with van der Waals surface area (Å²) in [6.45, 7) is 3.69. The smallest absolute Gasteiger partial charge is 0.309 e. The minimum absolute atomic E-state index is 0.0156. The maximum Gasteiger partial charge on any atom is 0.309 e. The van der Waals surface area contributed by atoms with Crippen LogP contribution >= 0.6 is 0 Å². The normalized spacial score (nSPS) is 32.3. The second-order valence-corrected chi connectivity index (χ2v) is 4.44. The lowest BCUT2D eigenvalue weighted by atomic mass is 9.98. The highest BCUT2D eigenvalue weighted by molar-refractivity contribution is 5.76. The molecule has 14 heavy (non-hydrogen) atoms. The molecule has 0 aliphatic heterocycles. The van der Waals surface area contributed by atoms with Crippen LogP contribution in [0.3, 0.4) is 0 Å². The van der Waals surface area contributed by atoms with E-state index in [4.69, 9.17) is 4.74 Å². The van der Waals surface area contributed by atoms with Gasteiger partial charge in [-0.2, -0.15) is 0 Å². The molecule has 2 saturated carbocycles. The van der Waals surface area contributed by atoms with Crippen molar-refractivity contribution in [2.75, 3.05) is 0 Å². The van der Waals surface area contributed by atoms with Crippen molar-refractivity contribution in [2.24, 2.45) is 11.8 Å². The predicted octanol–water partition coefficient (Wildman–Crippen LogP) is 2.68. The van der Waals surface area contributed by atoms with Gasteiger partial charge in [0.1, 0.15) is 6.10 Å². The lowest BCUT2D eigenvalue weighted by Crippen LogP contribution is -2.22. The summed E-state index contributed by atoms with van der Waals surface area (Å²) in [6.07, 6.45) is 8.90. The molecule has 0 heterocycles. The molecule has 2 heteroatoms. The molecule has 2 rings (SSSR count). The number of hydrogen-bond acceptors (Lipinski definition) is 2. The van der Waals surface area contributed by atoms with E-state index in [1.165, 1.54) is 19.3 Å². The average molecular weight is 194 g/mol. The van der Waals surface area contributed by atoms with Gasteiger partial charge in [-0.05, 0) is 38.0 Å². The van der Waals surface area contributed by atoms with Gasteiger partial charge in [-0.1, -0.05) is 12.5 Å². The van der Waals surface area contributed by atoms with E-state index >= 15 is 0 Å². The Kier molecular flexibility index (Phi) is 2.90. The number of allylic oxidation sites excluding steroid dienone is 1. The van der Waals surface area contributed by atoms with Crippen LogP contribution in [-0.2, 0) is 9.53 Å². The maximum absolute atomic E-state index is 11.6. The van der Waals surface area contributed by atoms with E-state index in [0.29, 0.717) is 5.92 Å². The number of esters is 1. The standard InChI is InChI=1S/C12H18O2/c1-2-9-8-11(9)12(13)14-10-6-4-3-5-7-10/h2,9-11H,1,3-8H2. The highest BCUT2D eigenvalue weighted by Crippen LogP contribution is 2.40. The molecular formula is C12H18O2. The molecule has 0 saturated heterocycles. The molecule has 2 aliphatic rings. The van der Waals surface area contributed by atoms with Crippen molar-refractivity contribution < 1.29 is 9.53 Å². The first kappa shape index (κ1) is 9.75. The van der Waals surface area contributed by atoms with Gasteiger partial charge in [-0.25, -0.2) is 0 Å². The van der Waals surface area contributed by atoms with Gasteiger partial charge in [-0.15, -0.1) is 6.58 Å². The second-order valence-electron chi connectivity index (χ2n) is 4.44. The molecule has 2 nitrogen and oxygen atoms in total. The zero-order valence-electron chi connectivity index (χ0n) is 8.58. The Morgan fingerprint density at radius 3 is 2.57 bits per heavy atom. The Balaban J connectivity index is 1.74. The molecule has 0 aromatic carbocycles. The van der Waals surface area contributed by atoms with Crippen molar-refractivity contribution in [2.45, 2.75) is 44.6 Å². The summed E-state index contributed by atoms with van der Waals surface area (Å²) in [6, 6.07) is 0. The Bertz CT molecular complexity index is 228. The fraction of sp³-hybridized carbons (Fsp3) is 0.750. The molecule has 2 atom stereocenters. The van der Waals surface area contributed by atoms with E-state index in [1.54, 1.807) is 0 Å². The van der Waals surface area contributed by atoms with E-state index < -0.39 is 0 Å². The van der Waals surface area contributed by atoms with Gasteiger partial charge in [0.15, 0.2) is 0 Å². The Morgan fingerprint density at radius 2 is 2.00 bits per heavy atom. The zero-order valence-corrected chi connectivity index (χ0v) is 8.58. The lowest BCUT2D eigenvalue weighted by Gasteiger charge is -2.21. The number of carbonyl (C=O) groups excluding carboxylic acids is 1. The quantitative estimate of drug-likeness (QED) is 0.510. The first-order valence-corrected chi connectivity index (χ1v) is 5.64. The van der Waals surface area contributed by atoms with Crippen molar-refractivity contribution in [1.29, 1.82) is 0 Å². The van der Waals surface area contributed by atoms with Gasteiger partial charge < -0.3 is 4.74 Å². The third kappa shape index (κ3) is 2.17. The average Bonchev–Trinajstić information content (AvgIpc) is 2.98. The molecule has 0 aromatic rings. The first-order chi connectivity index (χ1) is 6.81. The summed E-state index contributed by atoms with van der Waals surface area (Å²) in [5, 5.41) is 0. The second kappa shape index (κ2) is 4.16. The molecule has 0 aromatic heterocycles. The molecule has 0 N–H and O–H groups in total. The van der Waals surface area contributed by atoms with Crippen molar-refractivity contribution in [1.82, 2.24) is 0 Å². The van der Waals surface area contributed by atoms with Crippen LogP contribution in [0.5, 0.6) is 0 Å². The Morgan fingerprint density at radius 1 is 1.29 bits per heavy atom. The largest absolute Gasteiger partial charge is 0.462 e. The maximum atomic E-state index is 11.6. The van der Waals surface area contributed by atoms with Crippen LogP contribution in [-0.4, -0.2) is 12.1 Å². The molecule has 0 spiro atoms. The van der Waals surface area contributed by atoms with Crippen molar-refractivity contribution in [3.63, 3.8) is 0 Å². The molecule has 2 fully saturated rings. The van der Waals surface area contributed by atoms with Crippen molar-refractivity contribution >= 4 is 5.97 Å². The van der Waals surface area contributed by atoms with E-state index in [-0.39, 0.29) is 18.0 Å². The van der Waals surface area contributed by atoms with Gasteiger partial charge in [-0.3, -0.25) is 4.79 Å². The molecule has 78 valence electrons. The van der Waals surface area contributed by atoms with Gasteiger partial charge in [0.05, 0.1) is 5.92 Å². The molecule has 0 bridgehead atoms. The molecule has 2 unspecified atom stereocenters. The molecule has 0 amide bonds. The Hall–Kier alpha value is -0.790. The summed E-state index contributed by atoms with van der Waals surface area (Å²) < 4.78 is 5.46. The highest BCUT2D eigenvalue weighted by Gasteiger charge is 2.42. The zero-order chi connectivity index (χ0) is 9.97. The summed E-state index contributed by atoms with van der Waals surface area (Å²) in [5.41, 5.74) is 0. The highest BCUT2D eigenvalue weighted by atomic mass is 16.5. The van der Waals surface area contributed by atoms with Gasteiger partial charge in [0, 0.05) is 0 Å². The van der Waals surface area contributed by atoms with Crippen molar-refractivity contribution in [3.8, 4) is 0 Å². The van der Waals surface area contributed by atoms with E-state index in [0.717, 1.165) is 19.3 Å². The summed E-state index contributed by atoms with van der Waals surface area (Å²) >= 11 is 0. The van der Waals surface area contributed by atoms with E-state index in [1.807, 2.05) is 6.08 Å². The van der Waals surface area contributed by atoms with E-state index in [2.05, 4.69) is 6.58 Å². The van der Waals surface area contributed by atoms with Gasteiger partial charge in [0.25, 0.3) is 0 Å². The minimum Gasteiger partial charge on any atom is -0.462 e. The van der Waals surface area contributed by atoms with Gasteiger partial charge in [0.2, 0.25) is 0 Å². The van der Waals surface area contributed by atoms with Crippen LogP contribution in [0.4, 0.5) is 0 Å². The van der Waals surface area contributed by atoms with Crippen LogP contribution in [0, 0.1) is 11.8 Å². The number of carbonyl (C=O) groups is 1. The Labute approximate surface area is 85.3 Å². The third-order valence-electron chi connectivity index (χ3n) is 3.28. The van der Waals surface area contributed by atoms with Crippen LogP contribution in [0.15, 0.2) is 12.7 Å². The van der Waals surface area contributed by atoms with Gasteiger partial charge >= 0.3 is 5.97 Å². The van der Waals surface area contributed by atoms with Crippen molar-refractivity contribution in [3.05, 3.63) is 12.7 Å². The van der Waals surface area contributed by atoms with Crippen LogP contribution in [0.2, 0.25) is 0 Å². The fourth-order valence-corrected chi connectivity index (χ4v) is 2.18. The van der Waals surface area contributed by atoms with Crippen LogP contribution in [0.1, 0.15) is 38.5 Å². The van der Waals surface area contributed by atoms with Crippen LogP contribution in [0.25, 0.3) is 0 Å². The molecular weight excluding hydrogens is 176 g/mol. The number of rotatable bonds is 3.